The van der Waals surface area contributed by atoms with Crippen LogP contribution in [0.25, 0.3) is 0 Å². The van der Waals surface area contributed by atoms with E-state index in [1.54, 1.807) is 19.2 Å². The van der Waals surface area contributed by atoms with E-state index in [1.165, 1.54) is 6.07 Å². The largest absolute Gasteiger partial charge is 0.478 e. The van der Waals surface area contributed by atoms with E-state index in [4.69, 9.17) is 21.4 Å². The fourth-order valence-electron chi connectivity index (χ4n) is 1.41. The summed E-state index contributed by atoms with van der Waals surface area (Å²) < 4.78 is 5.30. The maximum atomic E-state index is 10.9. The SMILES string of the molecule is COC(C)(C)CCNc1ccc(Cl)c(C(=O)O)c1. The number of methoxy groups -OCH3 is 1. The van der Waals surface area contributed by atoms with Gasteiger partial charge in [0.1, 0.15) is 0 Å². The number of carbonyl (C=O) groups is 1. The molecule has 0 saturated heterocycles. The summed E-state index contributed by atoms with van der Waals surface area (Å²) in [5, 5.41) is 12.3. The van der Waals surface area contributed by atoms with E-state index < -0.39 is 5.97 Å². The molecule has 0 atom stereocenters. The van der Waals surface area contributed by atoms with Crippen molar-refractivity contribution in [3.63, 3.8) is 0 Å². The number of aromatic carboxylic acids is 1. The van der Waals surface area contributed by atoms with Gasteiger partial charge in [-0.15, -0.1) is 0 Å². The van der Waals surface area contributed by atoms with Crippen LogP contribution in [0.15, 0.2) is 18.2 Å². The zero-order valence-corrected chi connectivity index (χ0v) is 11.5. The Kier molecular flexibility index (Phi) is 4.99. The molecule has 100 valence electrons. The van der Waals surface area contributed by atoms with Gasteiger partial charge in [-0.25, -0.2) is 4.79 Å². The third-order valence-corrected chi connectivity index (χ3v) is 3.14. The Morgan fingerprint density at radius 2 is 2.17 bits per heavy atom. The van der Waals surface area contributed by atoms with Gasteiger partial charge in [0, 0.05) is 19.3 Å². The normalized spacial score (nSPS) is 11.3. The fourth-order valence-corrected chi connectivity index (χ4v) is 1.61. The summed E-state index contributed by atoms with van der Waals surface area (Å²) in [5.74, 6) is -1.03. The van der Waals surface area contributed by atoms with Gasteiger partial charge in [-0.1, -0.05) is 11.6 Å². The Labute approximate surface area is 112 Å². The second-order valence-electron chi connectivity index (χ2n) is 4.64. The molecule has 0 heterocycles. The summed E-state index contributed by atoms with van der Waals surface area (Å²) in [4.78, 5) is 10.9. The molecular formula is C13H18ClNO3. The first-order chi connectivity index (χ1) is 8.35. The first kappa shape index (κ1) is 14.8. The van der Waals surface area contributed by atoms with Crippen LogP contribution in [0.1, 0.15) is 30.6 Å². The minimum Gasteiger partial charge on any atom is -0.478 e. The lowest BCUT2D eigenvalue weighted by atomic mass is 10.1. The molecule has 18 heavy (non-hydrogen) atoms. The van der Waals surface area contributed by atoms with Crippen LogP contribution >= 0.6 is 11.6 Å². The molecule has 0 aliphatic carbocycles. The van der Waals surface area contributed by atoms with Crippen molar-refractivity contribution in [3.8, 4) is 0 Å². The number of anilines is 1. The van der Waals surface area contributed by atoms with E-state index >= 15 is 0 Å². The Bertz CT molecular complexity index is 432. The van der Waals surface area contributed by atoms with Gasteiger partial charge >= 0.3 is 5.97 Å². The third-order valence-electron chi connectivity index (χ3n) is 2.81. The predicted molar refractivity (Wildman–Crippen MR) is 72.6 cm³/mol. The monoisotopic (exact) mass is 271 g/mol. The van der Waals surface area contributed by atoms with Gasteiger partial charge in [0.05, 0.1) is 16.2 Å². The first-order valence-electron chi connectivity index (χ1n) is 5.67. The molecule has 0 unspecified atom stereocenters. The highest BCUT2D eigenvalue weighted by Crippen LogP contribution is 2.21. The molecule has 0 bridgehead atoms. The molecule has 0 aliphatic heterocycles. The van der Waals surface area contributed by atoms with Crippen LogP contribution in [0.2, 0.25) is 5.02 Å². The average Bonchev–Trinajstić information content (AvgIpc) is 2.31. The van der Waals surface area contributed by atoms with Gasteiger partial charge in [0.2, 0.25) is 0 Å². The van der Waals surface area contributed by atoms with Crippen molar-refractivity contribution in [2.24, 2.45) is 0 Å². The summed E-state index contributed by atoms with van der Waals surface area (Å²) in [6.45, 7) is 4.69. The minimum absolute atomic E-state index is 0.104. The standard InChI is InChI=1S/C13H18ClNO3/c1-13(2,18-3)6-7-15-9-4-5-11(14)10(8-9)12(16)17/h4-5,8,15H,6-7H2,1-3H3,(H,16,17). The zero-order valence-electron chi connectivity index (χ0n) is 10.8. The third kappa shape index (κ3) is 4.20. The average molecular weight is 272 g/mol. The quantitative estimate of drug-likeness (QED) is 0.834. The van der Waals surface area contributed by atoms with Crippen LogP contribution in [0.4, 0.5) is 5.69 Å². The van der Waals surface area contributed by atoms with Crippen LogP contribution in [-0.2, 0) is 4.74 Å². The Hall–Kier alpha value is -1.26. The second kappa shape index (κ2) is 6.07. The molecule has 0 spiro atoms. The van der Waals surface area contributed by atoms with Crippen LogP contribution in [0.3, 0.4) is 0 Å². The van der Waals surface area contributed by atoms with E-state index in [0.29, 0.717) is 6.54 Å². The summed E-state index contributed by atoms with van der Waals surface area (Å²) in [7, 11) is 1.67. The molecular weight excluding hydrogens is 254 g/mol. The number of hydrogen-bond acceptors (Lipinski definition) is 3. The Balaban J connectivity index is 2.64. The lowest BCUT2D eigenvalue weighted by molar-refractivity contribution is 0.0185. The van der Waals surface area contributed by atoms with Crippen molar-refractivity contribution in [2.75, 3.05) is 19.0 Å². The molecule has 2 N–H and O–H groups in total. The number of carboxylic acid groups (broad SMARTS) is 1. The molecule has 0 aliphatic rings. The molecule has 0 radical (unpaired) electrons. The van der Waals surface area contributed by atoms with Crippen molar-refractivity contribution in [3.05, 3.63) is 28.8 Å². The van der Waals surface area contributed by atoms with Crippen molar-refractivity contribution in [2.45, 2.75) is 25.9 Å². The Morgan fingerprint density at radius 3 is 2.72 bits per heavy atom. The summed E-state index contributed by atoms with van der Waals surface area (Å²) >= 11 is 5.79. The number of ether oxygens (including phenoxy) is 1. The summed E-state index contributed by atoms with van der Waals surface area (Å²) in [6, 6.07) is 4.87. The lowest BCUT2D eigenvalue weighted by Crippen LogP contribution is -2.25. The number of hydrogen-bond donors (Lipinski definition) is 2. The predicted octanol–water partition coefficient (Wildman–Crippen LogP) is 3.27. The van der Waals surface area contributed by atoms with E-state index in [2.05, 4.69) is 5.32 Å². The molecule has 4 nitrogen and oxygen atoms in total. The van der Waals surface area contributed by atoms with E-state index in [0.717, 1.165) is 12.1 Å². The number of benzene rings is 1. The number of nitrogens with one attached hydrogen (secondary N) is 1. The van der Waals surface area contributed by atoms with Crippen molar-refractivity contribution >= 4 is 23.3 Å². The van der Waals surface area contributed by atoms with Gasteiger partial charge < -0.3 is 15.2 Å². The van der Waals surface area contributed by atoms with Crippen molar-refractivity contribution < 1.29 is 14.6 Å². The molecule has 1 aromatic carbocycles. The molecule has 0 aromatic heterocycles. The molecule has 5 heteroatoms. The Morgan fingerprint density at radius 1 is 1.50 bits per heavy atom. The van der Waals surface area contributed by atoms with Crippen molar-refractivity contribution in [1.82, 2.24) is 0 Å². The number of carboxylic acids is 1. The summed E-state index contributed by atoms with van der Waals surface area (Å²) in [6.07, 6.45) is 0.814. The number of halogens is 1. The van der Waals surface area contributed by atoms with Gasteiger partial charge in [0.25, 0.3) is 0 Å². The molecule has 0 fully saturated rings. The summed E-state index contributed by atoms with van der Waals surface area (Å²) in [5.41, 5.74) is 0.645. The van der Waals surface area contributed by atoms with Crippen molar-refractivity contribution in [1.29, 1.82) is 0 Å². The lowest BCUT2D eigenvalue weighted by Gasteiger charge is -2.23. The highest BCUT2D eigenvalue weighted by atomic mass is 35.5. The molecule has 1 rings (SSSR count). The van der Waals surface area contributed by atoms with Gasteiger partial charge in [0.15, 0.2) is 0 Å². The molecule has 1 aromatic rings. The van der Waals surface area contributed by atoms with E-state index in [-0.39, 0.29) is 16.2 Å². The van der Waals surface area contributed by atoms with Gasteiger partial charge in [-0.3, -0.25) is 0 Å². The highest BCUT2D eigenvalue weighted by molar-refractivity contribution is 6.33. The van der Waals surface area contributed by atoms with E-state index in [1.807, 2.05) is 13.8 Å². The maximum Gasteiger partial charge on any atom is 0.337 e. The van der Waals surface area contributed by atoms with Crippen LogP contribution in [-0.4, -0.2) is 30.3 Å². The van der Waals surface area contributed by atoms with Crippen LogP contribution in [0.5, 0.6) is 0 Å². The maximum absolute atomic E-state index is 10.9. The van der Waals surface area contributed by atoms with E-state index in [9.17, 15) is 4.79 Å². The van der Waals surface area contributed by atoms with Gasteiger partial charge in [-0.05, 0) is 38.5 Å². The fraction of sp³-hybridized carbons (Fsp3) is 0.462. The van der Waals surface area contributed by atoms with Gasteiger partial charge in [-0.2, -0.15) is 0 Å². The highest BCUT2D eigenvalue weighted by Gasteiger charge is 2.15. The molecule has 0 saturated carbocycles. The van der Waals surface area contributed by atoms with Crippen LogP contribution in [0, 0.1) is 0 Å². The smallest absolute Gasteiger partial charge is 0.337 e. The molecule has 0 amide bonds. The second-order valence-corrected chi connectivity index (χ2v) is 5.05. The topological polar surface area (TPSA) is 58.6 Å². The number of rotatable bonds is 6. The zero-order chi connectivity index (χ0) is 13.8. The minimum atomic E-state index is -1.03. The first-order valence-corrected chi connectivity index (χ1v) is 6.05. The van der Waals surface area contributed by atoms with Crippen LogP contribution < -0.4 is 5.32 Å².